The number of aromatic nitrogens is 1. The first kappa shape index (κ1) is 21.2. The maximum absolute atomic E-state index is 13.3. The molecule has 166 valence electrons. The van der Waals surface area contributed by atoms with Crippen LogP contribution in [0.25, 0.3) is 0 Å². The average Bonchev–Trinajstić information content (AvgIpc) is 3.40. The zero-order valence-electron chi connectivity index (χ0n) is 18.3. The highest BCUT2D eigenvalue weighted by Gasteiger charge is 2.45. The standard InChI is InChI=1S/C25H27N3O3S/c1-32-22-19(7-4-11-26-22)23(30)27-12-8-25(9-13-27)10-14-28(16-25)24(31)20-15-21(29)18-6-3-2-5-17(18)20/h2-7,11,20H,8-10,12-16H2,1H3. The third-order valence-electron chi connectivity index (χ3n) is 7.38. The number of thioether (sulfide) groups is 1. The van der Waals surface area contributed by atoms with Gasteiger partial charge in [-0.25, -0.2) is 4.98 Å². The lowest BCUT2D eigenvalue weighted by atomic mass is 9.77. The van der Waals surface area contributed by atoms with Crippen LogP contribution in [0.1, 0.15) is 57.9 Å². The Balaban J connectivity index is 1.23. The van der Waals surface area contributed by atoms with Crippen molar-refractivity contribution in [1.82, 2.24) is 14.8 Å². The van der Waals surface area contributed by atoms with Crippen LogP contribution in [0, 0.1) is 5.41 Å². The van der Waals surface area contributed by atoms with E-state index in [1.54, 1.807) is 6.20 Å². The van der Waals surface area contributed by atoms with Gasteiger partial charge in [0, 0.05) is 44.4 Å². The molecule has 2 aliphatic heterocycles. The number of hydrogen-bond donors (Lipinski definition) is 0. The number of piperidine rings is 1. The summed E-state index contributed by atoms with van der Waals surface area (Å²) in [5, 5.41) is 0.766. The summed E-state index contributed by atoms with van der Waals surface area (Å²) in [5.41, 5.74) is 2.33. The summed E-state index contributed by atoms with van der Waals surface area (Å²) in [7, 11) is 0. The second-order valence-electron chi connectivity index (χ2n) is 9.13. The van der Waals surface area contributed by atoms with Gasteiger partial charge in [-0.1, -0.05) is 24.3 Å². The maximum atomic E-state index is 13.3. The highest BCUT2D eigenvalue weighted by molar-refractivity contribution is 7.98. The molecule has 1 aromatic carbocycles. The molecule has 1 atom stereocenters. The van der Waals surface area contributed by atoms with Crippen LogP contribution in [-0.2, 0) is 4.79 Å². The van der Waals surface area contributed by atoms with Gasteiger partial charge in [-0.3, -0.25) is 14.4 Å². The van der Waals surface area contributed by atoms with E-state index in [0.29, 0.717) is 24.2 Å². The molecule has 0 saturated carbocycles. The van der Waals surface area contributed by atoms with Crippen LogP contribution in [-0.4, -0.2) is 64.8 Å². The minimum atomic E-state index is -0.342. The fourth-order valence-electron chi connectivity index (χ4n) is 5.50. The SMILES string of the molecule is CSc1ncccc1C(=O)N1CCC2(CC1)CCN(C(=O)C1CC(=O)c3ccccc31)C2. The fraction of sp³-hybridized carbons (Fsp3) is 0.440. The molecule has 3 heterocycles. The Bertz CT molecular complexity index is 1080. The predicted molar refractivity (Wildman–Crippen MR) is 123 cm³/mol. The first-order chi connectivity index (χ1) is 15.5. The summed E-state index contributed by atoms with van der Waals surface area (Å²) in [5.74, 6) is -0.145. The second kappa shape index (κ2) is 8.35. The molecule has 2 amide bonds. The number of carbonyl (C=O) groups excluding carboxylic acids is 3. The van der Waals surface area contributed by atoms with Crippen LogP contribution in [0.4, 0.5) is 0 Å². The lowest BCUT2D eigenvalue weighted by Crippen LogP contribution is -2.45. The van der Waals surface area contributed by atoms with Crippen molar-refractivity contribution in [2.45, 2.75) is 36.6 Å². The zero-order valence-corrected chi connectivity index (χ0v) is 19.1. The third-order valence-corrected chi connectivity index (χ3v) is 8.09. The van der Waals surface area contributed by atoms with Gasteiger partial charge in [0.05, 0.1) is 11.5 Å². The number of rotatable bonds is 3. The van der Waals surface area contributed by atoms with Crippen molar-refractivity contribution in [2.75, 3.05) is 32.4 Å². The van der Waals surface area contributed by atoms with Crippen molar-refractivity contribution in [3.63, 3.8) is 0 Å². The van der Waals surface area contributed by atoms with E-state index in [9.17, 15) is 14.4 Å². The molecule has 0 bridgehead atoms. The molecule has 7 heteroatoms. The van der Waals surface area contributed by atoms with Gasteiger partial charge < -0.3 is 9.80 Å². The number of Topliss-reactive ketones (excluding diaryl/α,β-unsaturated/α-hetero) is 1. The van der Waals surface area contributed by atoms with Gasteiger partial charge in [0.15, 0.2) is 5.78 Å². The Labute approximate surface area is 192 Å². The van der Waals surface area contributed by atoms with Crippen molar-refractivity contribution in [3.05, 3.63) is 59.3 Å². The Kier molecular flexibility index (Phi) is 5.53. The van der Waals surface area contributed by atoms with Crippen molar-refractivity contribution in [3.8, 4) is 0 Å². The van der Waals surface area contributed by atoms with Gasteiger partial charge in [0.2, 0.25) is 5.91 Å². The van der Waals surface area contributed by atoms with Gasteiger partial charge >= 0.3 is 0 Å². The number of carbonyl (C=O) groups is 3. The van der Waals surface area contributed by atoms with Gasteiger partial charge in [-0.2, -0.15) is 0 Å². The monoisotopic (exact) mass is 449 g/mol. The van der Waals surface area contributed by atoms with Crippen LogP contribution in [0.5, 0.6) is 0 Å². The van der Waals surface area contributed by atoms with Crippen LogP contribution < -0.4 is 0 Å². The normalized spacial score (nSPS) is 21.8. The van der Waals surface area contributed by atoms with Gasteiger partial charge in [-0.05, 0) is 48.6 Å². The Morgan fingerprint density at radius 2 is 1.75 bits per heavy atom. The van der Waals surface area contributed by atoms with Crippen molar-refractivity contribution < 1.29 is 14.4 Å². The fourth-order valence-corrected chi connectivity index (χ4v) is 6.04. The molecule has 3 aliphatic rings. The number of nitrogens with zero attached hydrogens (tertiary/aromatic N) is 3. The Hall–Kier alpha value is -2.67. The van der Waals surface area contributed by atoms with Crippen molar-refractivity contribution >= 4 is 29.4 Å². The molecular weight excluding hydrogens is 422 g/mol. The quantitative estimate of drug-likeness (QED) is 0.670. The van der Waals surface area contributed by atoms with Crippen molar-refractivity contribution in [2.24, 2.45) is 5.41 Å². The first-order valence-corrected chi connectivity index (χ1v) is 12.4. The predicted octanol–water partition coefficient (Wildman–Crippen LogP) is 3.63. The van der Waals surface area contributed by atoms with E-state index in [-0.39, 0.29) is 35.4 Å². The largest absolute Gasteiger partial charge is 0.342 e. The van der Waals surface area contributed by atoms with E-state index < -0.39 is 0 Å². The van der Waals surface area contributed by atoms with E-state index >= 15 is 0 Å². The number of pyridine rings is 1. The lowest BCUT2D eigenvalue weighted by Gasteiger charge is -2.39. The number of hydrogen-bond acceptors (Lipinski definition) is 5. The number of amides is 2. The van der Waals surface area contributed by atoms with E-state index in [2.05, 4.69) is 4.98 Å². The smallest absolute Gasteiger partial charge is 0.256 e. The minimum Gasteiger partial charge on any atom is -0.342 e. The van der Waals surface area contributed by atoms with E-state index in [4.69, 9.17) is 0 Å². The Morgan fingerprint density at radius 3 is 2.50 bits per heavy atom. The summed E-state index contributed by atoms with van der Waals surface area (Å²) in [6.07, 6.45) is 6.70. The highest BCUT2D eigenvalue weighted by atomic mass is 32.2. The molecule has 1 spiro atoms. The van der Waals surface area contributed by atoms with E-state index in [1.165, 1.54) is 11.8 Å². The molecule has 0 radical (unpaired) electrons. The van der Waals surface area contributed by atoms with E-state index in [0.717, 1.165) is 42.9 Å². The third kappa shape index (κ3) is 3.62. The van der Waals surface area contributed by atoms with Crippen LogP contribution in [0.2, 0.25) is 0 Å². The van der Waals surface area contributed by atoms with E-state index in [1.807, 2.05) is 52.5 Å². The summed E-state index contributed by atoms with van der Waals surface area (Å²) in [4.78, 5) is 46.9. The molecule has 2 saturated heterocycles. The zero-order chi connectivity index (χ0) is 22.3. The summed E-state index contributed by atoms with van der Waals surface area (Å²) < 4.78 is 0. The molecule has 1 aliphatic carbocycles. The molecule has 2 aromatic rings. The van der Waals surface area contributed by atoms with Gasteiger partial charge in [-0.15, -0.1) is 11.8 Å². The lowest BCUT2D eigenvalue weighted by molar-refractivity contribution is -0.132. The molecule has 32 heavy (non-hydrogen) atoms. The molecule has 2 fully saturated rings. The molecule has 1 aromatic heterocycles. The van der Waals surface area contributed by atoms with Crippen LogP contribution in [0.15, 0.2) is 47.6 Å². The molecule has 6 nitrogen and oxygen atoms in total. The number of ketones is 1. The highest BCUT2D eigenvalue weighted by Crippen LogP contribution is 2.43. The summed E-state index contributed by atoms with van der Waals surface area (Å²) >= 11 is 1.49. The first-order valence-electron chi connectivity index (χ1n) is 11.2. The second-order valence-corrected chi connectivity index (χ2v) is 9.92. The minimum absolute atomic E-state index is 0.0457. The van der Waals surface area contributed by atoms with Crippen LogP contribution >= 0.6 is 11.8 Å². The van der Waals surface area contributed by atoms with Crippen molar-refractivity contribution in [1.29, 1.82) is 0 Å². The van der Waals surface area contributed by atoms with Gasteiger partial charge in [0.25, 0.3) is 5.91 Å². The number of likely N-dealkylation sites (tertiary alicyclic amines) is 2. The topological polar surface area (TPSA) is 70.6 Å². The molecular formula is C25H27N3O3S. The maximum Gasteiger partial charge on any atom is 0.256 e. The average molecular weight is 450 g/mol. The number of fused-ring (bicyclic) bond motifs is 1. The molecule has 0 N–H and O–H groups in total. The summed E-state index contributed by atoms with van der Waals surface area (Å²) in [6.45, 7) is 2.87. The number of benzene rings is 1. The molecule has 1 unspecified atom stereocenters. The molecule has 5 rings (SSSR count). The van der Waals surface area contributed by atoms with Crippen LogP contribution in [0.3, 0.4) is 0 Å². The van der Waals surface area contributed by atoms with Gasteiger partial charge in [0.1, 0.15) is 5.03 Å². The summed E-state index contributed by atoms with van der Waals surface area (Å²) in [6, 6.07) is 11.2. The Morgan fingerprint density at radius 1 is 1.03 bits per heavy atom.